The van der Waals surface area contributed by atoms with Gasteiger partial charge in [0.2, 0.25) is 0 Å². The zero-order chi connectivity index (χ0) is 12.8. The predicted octanol–water partition coefficient (Wildman–Crippen LogP) is 4.25. The number of benzene rings is 1. The first-order valence-electron chi connectivity index (χ1n) is 6.20. The van der Waals surface area contributed by atoms with E-state index in [2.05, 4.69) is 55.6 Å². The van der Waals surface area contributed by atoms with Crippen molar-refractivity contribution in [2.75, 3.05) is 12.3 Å². The van der Waals surface area contributed by atoms with Crippen LogP contribution in [0.1, 0.15) is 15.3 Å². The van der Waals surface area contributed by atoms with Crippen molar-refractivity contribution in [1.82, 2.24) is 5.32 Å². The van der Waals surface area contributed by atoms with Crippen molar-refractivity contribution in [3.8, 4) is 0 Å². The molecule has 96 valence electrons. The minimum Gasteiger partial charge on any atom is -0.312 e. The largest absolute Gasteiger partial charge is 0.312 e. The smallest absolute Gasteiger partial charge is 0.0216 e. The lowest BCUT2D eigenvalue weighted by Crippen LogP contribution is -2.16. The van der Waals surface area contributed by atoms with Gasteiger partial charge in [-0.2, -0.15) is 0 Å². The Hall–Kier alpha value is -0.770. The van der Waals surface area contributed by atoms with Gasteiger partial charge in [-0.15, -0.1) is 23.1 Å². The van der Waals surface area contributed by atoms with Crippen LogP contribution < -0.4 is 5.32 Å². The highest BCUT2D eigenvalue weighted by Gasteiger charge is 2.01. The molecule has 2 aromatic rings. The zero-order valence-corrected chi connectivity index (χ0v) is 12.5. The highest BCUT2D eigenvalue weighted by atomic mass is 32.2. The molecule has 18 heavy (non-hydrogen) atoms. The molecule has 0 atom stereocenters. The van der Waals surface area contributed by atoms with E-state index in [1.807, 2.05) is 23.1 Å². The molecule has 2 rings (SSSR count). The maximum absolute atomic E-state index is 3.51. The second-order valence-electron chi connectivity index (χ2n) is 4.28. The molecule has 1 N–H and O–H groups in total. The van der Waals surface area contributed by atoms with E-state index in [1.54, 1.807) is 0 Å². The summed E-state index contributed by atoms with van der Waals surface area (Å²) in [5.74, 6) is 1.12. The van der Waals surface area contributed by atoms with Crippen molar-refractivity contribution in [1.29, 1.82) is 0 Å². The lowest BCUT2D eigenvalue weighted by atomic mass is 10.2. The van der Waals surface area contributed by atoms with Crippen LogP contribution in [0.25, 0.3) is 0 Å². The molecule has 1 aromatic heterocycles. The Labute approximate surface area is 118 Å². The van der Waals surface area contributed by atoms with Crippen molar-refractivity contribution >= 4 is 23.1 Å². The monoisotopic (exact) mass is 277 g/mol. The minimum absolute atomic E-state index is 0.992. The number of nitrogens with one attached hydrogen (secondary N) is 1. The minimum atomic E-state index is 0.992. The van der Waals surface area contributed by atoms with Crippen LogP contribution in [0, 0.1) is 13.8 Å². The molecular formula is C15H19NS2. The molecule has 0 radical (unpaired) electrons. The van der Waals surface area contributed by atoms with Gasteiger partial charge in [0.05, 0.1) is 0 Å². The second-order valence-corrected chi connectivity index (χ2v) is 6.91. The van der Waals surface area contributed by atoms with Gasteiger partial charge >= 0.3 is 0 Å². The molecule has 0 aliphatic rings. The Bertz CT molecular complexity index is 476. The van der Waals surface area contributed by atoms with E-state index in [0.717, 1.165) is 18.8 Å². The summed E-state index contributed by atoms with van der Waals surface area (Å²) in [6, 6.07) is 12.9. The Morgan fingerprint density at radius 3 is 2.61 bits per heavy atom. The molecular weight excluding hydrogens is 258 g/mol. The van der Waals surface area contributed by atoms with Crippen LogP contribution in [-0.2, 0) is 6.54 Å². The van der Waals surface area contributed by atoms with Gasteiger partial charge in [-0.05, 0) is 37.6 Å². The molecule has 0 saturated heterocycles. The topological polar surface area (TPSA) is 12.0 Å². The van der Waals surface area contributed by atoms with Gasteiger partial charge in [-0.1, -0.05) is 18.2 Å². The van der Waals surface area contributed by atoms with Crippen LogP contribution in [0.2, 0.25) is 0 Å². The van der Waals surface area contributed by atoms with Gasteiger partial charge in [0, 0.05) is 33.5 Å². The van der Waals surface area contributed by atoms with Crippen LogP contribution in [0.15, 0.2) is 41.3 Å². The molecule has 0 spiro atoms. The van der Waals surface area contributed by atoms with Crippen LogP contribution >= 0.6 is 23.1 Å². The molecule has 0 aliphatic heterocycles. The van der Waals surface area contributed by atoms with E-state index in [0.29, 0.717) is 0 Å². The lowest BCUT2D eigenvalue weighted by molar-refractivity contribution is 0.731. The molecule has 0 fully saturated rings. The first-order valence-corrected chi connectivity index (χ1v) is 8.00. The first kappa shape index (κ1) is 13.7. The summed E-state index contributed by atoms with van der Waals surface area (Å²) < 4.78 is 0. The summed E-state index contributed by atoms with van der Waals surface area (Å²) in [6.45, 7) is 6.42. The summed E-state index contributed by atoms with van der Waals surface area (Å²) in [6.07, 6.45) is 0. The van der Waals surface area contributed by atoms with Gasteiger partial charge in [-0.3, -0.25) is 0 Å². The summed E-state index contributed by atoms with van der Waals surface area (Å²) >= 11 is 3.79. The quantitative estimate of drug-likeness (QED) is 0.626. The fourth-order valence-electron chi connectivity index (χ4n) is 1.84. The van der Waals surface area contributed by atoms with E-state index < -0.39 is 0 Å². The Morgan fingerprint density at radius 2 is 1.94 bits per heavy atom. The van der Waals surface area contributed by atoms with E-state index in [4.69, 9.17) is 0 Å². The Kier molecular flexibility index (Phi) is 5.29. The summed E-state index contributed by atoms with van der Waals surface area (Å²) in [7, 11) is 0. The zero-order valence-electron chi connectivity index (χ0n) is 10.9. The van der Waals surface area contributed by atoms with Crippen molar-refractivity contribution in [3.63, 3.8) is 0 Å². The molecule has 0 saturated carbocycles. The fourth-order valence-corrected chi connectivity index (χ4v) is 3.62. The summed E-state index contributed by atoms with van der Waals surface area (Å²) in [5.41, 5.74) is 1.45. The normalized spacial score (nSPS) is 10.8. The molecule has 1 nitrogen and oxygen atoms in total. The number of thioether (sulfide) groups is 1. The number of thiophene rings is 1. The third-order valence-electron chi connectivity index (χ3n) is 2.75. The SMILES string of the molecule is Cc1cc(CNCCSc2ccccc2)c(C)s1. The summed E-state index contributed by atoms with van der Waals surface area (Å²) in [4.78, 5) is 4.19. The fraction of sp³-hybridized carbons (Fsp3) is 0.333. The number of aryl methyl sites for hydroxylation is 2. The lowest BCUT2D eigenvalue weighted by Gasteiger charge is -2.04. The third-order valence-corrected chi connectivity index (χ3v) is 4.77. The first-order chi connectivity index (χ1) is 8.75. The van der Waals surface area contributed by atoms with Crippen molar-refractivity contribution in [3.05, 3.63) is 51.7 Å². The molecule has 0 unspecified atom stereocenters. The van der Waals surface area contributed by atoms with E-state index in [1.165, 1.54) is 20.2 Å². The Balaban J connectivity index is 1.66. The Morgan fingerprint density at radius 1 is 1.17 bits per heavy atom. The van der Waals surface area contributed by atoms with Crippen LogP contribution in [-0.4, -0.2) is 12.3 Å². The molecule has 0 aliphatic carbocycles. The average molecular weight is 277 g/mol. The van der Waals surface area contributed by atoms with E-state index in [-0.39, 0.29) is 0 Å². The van der Waals surface area contributed by atoms with Gasteiger partial charge in [-0.25, -0.2) is 0 Å². The standard InChI is InChI=1S/C15H19NS2/c1-12-10-14(13(2)18-12)11-16-8-9-17-15-6-4-3-5-7-15/h3-7,10,16H,8-9,11H2,1-2H3. The van der Waals surface area contributed by atoms with Crippen LogP contribution in [0.5, 0.6) is 0 Å². The third kappa shape index (κ3) is 4.16. The highest BCUT2D eigenvalue weighted by Crippen LogP contribution is 2.20. The predicted molar refractivity (Wildman–Crippen MR) is 82.7 cm³/mol. The van der Waals surface area contributed by atoms with E-state index >= 15 is 0 Å². The molecule has 1 heterocycles. The molecule has 1 aromatic carbocycles. The van der Waals surface area contributed by atoms with Gasteiger partial charge < -0.3 is 5.32 Å². The van der Waals surface area contributed by atoms with E-state index in [9.17, 15) is 0 Å². The number of hydrogen-bond acceptors (Lipinski definition) is 3. The van der Waals surface area contributed by atoms with Crippen molar-refractivity contribution in [2.24, 2.45) is 0 Å². The van der Waals surface area contributed by atoms with Crippen LogP contribution in [0.3, 0.4) is 0 Å². The maximum atomic E-state index is 3.51. The maximum Gasteiger partial charge on any atom is 0.0216 e. The number of hydrogen-bond donors (Lipinski definition) is 1. The molecule has 3 heteroatoms. The van der Waals surface area contributed by atoms with Crippen LogP contribution in [0.4, 0.5) is 0 Å². The van der Waals surface area contributed by atoms with Gasteiger partial charge in [0.15, 0.2) is 0 Å². The van der Waals surface area contributed by atoms with Crippen molar-refractivity contribution in [2.45, 2.75) is 25.3 Å². The molecule has 0 bridgehead atoms. The summed E-state index contributed by atoms with van der Waals surface area (Å²) in [5, 5.41) is 3.51. The average Bonchev–Trinajstić information content (AvgIpc) is 2.69. The second kappa shape index (κ2) is 6.98. The number of rotatable bonds is 6. The highest BCUT2D eigenvalue weighted by molar-refractivity contribution is 7.99. The van der Waals surface area contributed by atoms with Gasteiger partial charge in [0.25, 0.3) is 0 Å². The van der Waals surface area contributed by atoms with Crippen molar-refractivity contribution < 1.29 is 0 Å². The molecule has 0 amide bonds. The van der Waals surface area contributed by atoms with Gasteiger partial charge in [0.1, 0.15) is 0 Å².